The number of nitrogens with one attached hydrogen (secondary N) is 1. The molecule has 194 valence electrons. The smallest absolute Gasteiger partial charge is 0.338 e. The Morgan fingerprint density at radius 3 is 1.97 bits per heavy atom. The summed E-state index contributed by atoms with van der Waals surface area (Å²) in [6, 6.07) is 11.9. The predicted octanol–water partition coefficient (Wildman–Crippen LogP) is 4.58. The average Bonchev–Trinajstić information content (AvgIpc) is 3.52. The molecule has 6 atom stereocenters. The van der Waals surface area contributed by atoms with Gasteiger partial charge in [0.25, 0.3) is 5.91 Å². The number of fused-ring (bicyclic) bond motifs is 5. The molecule has 1 heterocycles. The quantitative estimate of drug-likeness (QED) is 0.314. The van der Waals surface area contributed by atoms with Gasteiger partial charge in [-0.2, -0.15) is 0 Å². The second kappa shape index (κ2) is 10.1. The van der Waals surface area contributed by atoms with Gasteiger partial charge in [0.05, 0.1) is 33.8 Å². The summed E-state index contributed by atoms with van der Waals surface area (Å²) in [5.41, 5.74) is 3.39. The number of benzene rings is 2. The van der Waals surface area contributed by atoms with Crippen LogP contribution in [0.3, 0.4) is 0 Å². The van der Waals surface area contributed by atoms with Crippen molar-refractivity contribution in [1.82, 2.24) is 0 Å². The van der Waals surface area contributed by atoms with Gasteiger partial charge in [-0.25, -0.2) is 4.79 Å². The Kier molecular flexibility index (Phi) is 7.03. The summed E-state index contributed by atoms with van der Waals surface area (Å²) in [6.07, 6.45) is 2.23. The van der Waals surface area contributed by atoms with Gasteiger partial charge in [-0.05, 0) is 66.5 Å². The largest absolute Gasteiger partial charge is 0.452 e. The van der Waals surface area contributed by atoms with E-state index in [0.717, 1.165) is 29.7 Å². The molecule has 3 fully saturated rings. The van der Waals surface area contributed by atoms with Gasteiger partial charge < -0.3 is 10.1 Å². The van der Waals surface area contributed by atoms with Crippen LogP contribution >= 0.6 is 23.2 Å². The number of hydrogen-bond donors (Lipinski definition) is 1. The molecule has 3 aliphatic rings. The number of alkyl halides is 2. The Bertz CT molecular complexity index is 1210. The summed E-state index contributed by atoms with van der Waals surface area (Å²) in [4.78, 5) is 52.5. The van der Waals surface area contributed by atoms with Crippen molar-refractivity contribution in [3.63, 3.8) is 0 Å². The Morgan fingerprint density at radius 2 is 1.46 bits per heavy atom. The first kappa shape index (κ1) is 25.7. The van der Waals surface area contributed by atoms with Crippen molar-refractivity contribution in [3.05, 3.63) is 59.2 Å². The summed E-state index contributed by atoms with van der Waals surface area (Å²) >= 11 is 12.8. The van der Waals surface area contributed by atoms with E-state index in [1.54, 1.807) is 0 Å². The van der Waals surface area contributed by atoms with Gasteiger partial charge in [-0.1, -0.05) is 32.0 Å². The molecule has 3 amide bonds. The molecule has 2 aromatic rings. The number of halogens is 2. The number of carbonyl (C=O) groups is 4. The molecule has 2 aromatic carbocycles. The topological polar surface area (TPSA) is 92.8 Å². The molecule has 9 heteroatoms. The molecule has 1 N–H and O–H groups in total. The lowest BCUT2D eigenvalue weighted by Crippen LogP contribution is -2.37. The van der Waals surface area contributed by atoms with Crippen molar-refractivity contribution in [2.24, 2.45) is 23.7 Å². The number of anilines is 2. The normalized spacial score (nSPS) is 27.9. The third kappa shape index (κ3) is 4.32. The molecule has 0 unspecified atom stereocenters. The van der Waals surface area contributed by atoms with E-state index in [1.807, 2.05) is 32.0 Å². The summed E-state index contributed by atoms with van der Waals surface area (Å²) in [6.45, 7) is 3.59. The monoisotopic (exact) mass is 542 g/mol. The molecule has 7 nitrogen and oxygen atoms in total. The number of hydrogen-bond acceptors (Lipinski definition) is 5. The molecule has 1 saturated heterocycles. The lowest BCUT2D eigenvalue weighted by Gasteiger charge is -2.28. The van der Waals surface area contributed by atoms with Gasteiger partial charge in [-0.3, -0.25) is 19.3 Å². The van der Waals surface area contributed by atoms with Crippen LogP contribution in [0, 0.1) is 23.7 Å². The molecule has 0 spiro atoms. The van der Waals surface area contributed by atoms with Crippen molar-refractivity contribution in [3.8, 4) is 0 Å². The summed E-state index contributed by atoms with van der Waals surface area (Å²) in [5.74, 6) is -2.70. The van der Waals surface area contributed by atoms with Gasteiger partial charge in [0.1, 0.15) is 0 Å². The van der Waals surface area contributed by atoms with Crippen molar-refractivity contribution < 1.29 is 23.9 Å². The molecule has 0 aromatic heterocycles. The van der Waals surface area contributed by atoms with E-state index in [4.69, 9.17) is 27.9 Å². The van der Waals surface area contributed by atoms with Crippen LogP contribution in [0.15, 0.2) is 42.5 Å². The maximum atomic E-state index is 13.1. The minimum Gasteiger partial charge on any atom is -0.452 e. The summed E-state index contributed by atoms with van der Waals surface area (Å²) in [5, 5.41) is 2.23. The zero-order valence-electron chi connectivity index (χ0n) is 20.6. The predicted molar refractivity (Wildman–Crippen MR) is 141 cm³/mol. The lowest BCUT2D eigenvalue weighted by atomic mass is 9.80. The van der Waals surface area contributed by atoms with E-state index in [2.05, 4.69) is 5.32 Å². The highest BCUT2D eigenvalue weighted by atomic mass is 35.5. The first-order valence-corrected chi connectivity index (χ1v) is 13.5. The van der Waals surface area contributed by atoms with Crippen LogP contribution in [0.25, 0.3) is 0 Å². The molecule has 0 radical (unpaired) electrons. The van der Waals surface area contributed by atoms with Gasteiger partial charge in [0.2, 0.25) is 11.8 Å². The van der Waals surface area contributed by atoms with Gasteiger partial charge in [-0.15, -0.1) is 23.2 Å². The van der Waals surface area contributed by atoms with E-state index in [-0.39, 0.29) is 40.0 Å². The minimum absolute atomic E-state index is 0.0984. The molecule has 2 aliphatic carbocycles. The fraction of sp³-hybridized carbons (Fsp3) is 0.429. The number of imide groups is 1. The van der Waals surface area contributed by atoms with Crippen molar-refractivity contribution in [2.45, 2.75) is 43.9 Å². The van der Waals surface area contributed by atoms with E-state index in [1.165, 1.54) is 29.2 Å². The van der Waals surface area contributed by atoms with E-state index in [9.17, 15) is 19.2 Å². The Hall–Kier alpha value is -2.90. The maximum absolute atomic E-state index is 13.1. The zero-order valence-corrected chi connectivity index (χ0v) is 22.1. The highest BCUT2D eigenvalue weighted by Gasteiger charge is 2.66. The van der Waals surface area contributed by atoms with Crippen LogP contribution in [0.2, 0.25) is 0 Å². The van der Waals surface area contributed by atoms with Crippen molar-refractivity contribution in [1.29, 1.82) is 0 Å². The van der Waals surface area contributed by atoms with Crippen LogP contribution < -0.4 is 10.2 Å². The third-order valence-corrected chi connectivity index (χ3v) is 9.27. The number of para-hydroxylation sites is 1. The van der Waals surface area contributed by atoms with Crippen molar-refractivity contribution >= 4 is 58.3 Å². The molecule has 2 saturated carbocycles. The molecule has 1 aliphatic heterocycles. The molecule has 2 bridgehead atoms. The summed E-state index contributed by atoms with van der Waals surface area (Å²) < 4.78 is 5.21. The molecular weight excluding hydrogens is 515 g/mol. The van der Waals surface area contributed by atoms with Gasteiger partial charge in [0, 0.05) is 5.69 Å². The second-order valence-corrected chi connectivity index (χ2v) is 10.9. The molecular formula is C28H28Cl2N2O5. The molecule has 5 rings (SSSR count). The average molecular weight is 543 g/mol. The SMILES string of the molecule is CCc1cccc(CC)c1NC(=O)COC(=O)c1ccc(N2C(=O)[C@@H]3[C@H]4C[C@@H]([C@@H](Cl)[C@H]4Cl)[C@H]3C2=O)cc1. The number of rotatable bonds is 7. The van der Waals surface area contributed by atoms with Crippen LogP contribution in [-0.4, -0.2) is 41.1 Å². The standard InChI is InChI=1S/C28H28Cl2N2O5/c1-3-14-6-5-7-15(4-2)25(14)31-20(33)13-37-28(36)16-8-10-17(11-9-16)32-26(34)21-18-12-19(22(21)27(32)35)24(30)23(18)29/h5-11,18-19,21-24H,3-4,12-13H2,1-2H3,(H,31,33)/t18-,19-,21-,22-,23-,24+/m1/s1. The van der Waals surface area contributed by atoms with Crippen LogP contribution in [0.5, 0.6) is 0 Å². The Balaban J connectivity index is 1.22. The lowest BCUT2D eigenvalue weighted by molar-refractivity contribution is -0.123. The van der Waals surface area contributed by atoms with E-state index >= 15 is 0 Å². The first-order chi connectivity index (χ1) is 17.8. The van der Waals surface area contributed by atoms with Gasteiger partial charge in [0.15, 0.2) is 6.61 Å². The fourth-order valence-electron chi connectivity index (χ4n) is 6.14. The highest BCUT2D eigenvalue weighted by Crippen LogP contribution is 2.59. The van der Waals surface area contributed by atoms with Crippen LogP contribution in [0.4, 0.5) is 11.4 Å². The Morgan fingerprint density at radius 1 is 0.919 bits per heavy atom. The highest BCUT2D eigenvalue weighted by molar-refractivity contribution is 6.32. The first-order valence-electron chi connectivity index (χ1n) is 12.6. The van der Waals surface area contributed by atoms with Crippen LogP contribution in [-0.2, 0) is 32.0 Å². The number of esters is 1. The number of carbonyl (C=O) groups excluding carboxylic acids is 4. The molecule has 37 heavy (non-hydrogen) atoms. The fourth-order valence-corrected chi connectivity index (χ4v) is 7.04. The number of amides is 3. The third-order valence-electron chi connectivity index (χ3n) is 7.95. The van der Waals surface area contributed by atoms with Gasteiger partial charge >= 0.3 is 5.97 Å². The van der Waals surface area contributed by atoms with E-state index in [0.29, 0.717) is 12.1 Å². The second-order valence-electron chi connectivity index (χ2n) is 9.85. The number of nitrogens with zero attached hydrogens (tertiary/aromatic N) is 1. The minimum atomic E-state index is -0.676. The number of aryl methyl sites for hydroxylation is 2. The zero-order chi connectivity index (χ0) is 26.4. The summed E-state index contributed by atoms with van der Waals surface area (Å²) in [7, 11) is 0. The van der Waals surface area contributed by atoms with E-state index < -0.39 is 30.3 Å². The maximum Gasteiger partial charge on any atom is 0.338 e. The number of ether oxygens (including phenoxy) is 1. The van der Waals surface area contributed by atoms with Crippen LogP contribution in [0.1, 0.15) is 41.8 Å². The van der Waals surface area contributed by atoms with Crippen molar-refractivity contribution in [2.75, 3.05) is 16.8 Å². The Labute approximate surface area is 225 Å².